The van der Waals surface area contributed by atoms with E-state index in [0.29, 0.717) is 12.1 Å². The van der Waals surface area contributed by atoms with Gasteiger partial charge in [0.25, 0.3) is 0 Å². The standard InChI is InChI=1S/C13H16F5NO/c1-9(4-3-7-13(16,17)18)19-10-5-2-6-11(8-10)20-12(14)15/h2,5-6,8-9,12,19H,3-4,7H2,1H3. The van der Waals surface area contributed by atoms with Crippen molar-refractivity contribution in [1.82, 2.24) is 0 Å². The van der Waals surface area contributed by atoms with Crippen LogP contribution in [0.4, 0.5) is 27.6 Å². The second-order valence-electron chi connectivity index (χ2n) is 4.46. The molecule has 0 saturated carbocycles. The van der Waals surface area contributed by atoms with E-state index < -0.39 is 19.2 Å². The Kier molecular flexibility index (Phi) is 6.04. The number of ether oxygens (including phenoxy) is 1. The Labute approximate surface area is 113 Å². The Hall–Kier alpha value is -1.53. The molecule has 0 radical (unpaired) electrons. The lowest BCUT2D eigenvalue weighted by Crippen LogP contribution is -2.16. The van der Waals surface area contributed by atoms with Crippen molar-refractivity contribution in [2.24, 2.45) is 0 Å². The summed E-state index contributed by atoms with van der Waals surface area (Å²) in [4.78, 5) is 0. The Balaban J connectivity index is 2.43. The van der Waals surface area contributed by atoms with Gasteiger partial charge < -0.3 is 10.1 Å². The molecule has 7 heteroatoms. The summed E-state index contributed by atoms with van der Waals surface area (Å²) in [6, 6.07) is 5.73. The van der Waals surface area contributed by atoms with Gasteiger partial charge in [0.05, 0.1) is 0 Å². The number of rotatable bonds is 7. The molecule has 1 atom stereocenters. The van der Waals surface area contributed by atoms with E-state index in [1.807, 2.05) is 0 Å². The van der Waals surface area contributed by atoms with Crippen LogP contribution in [0.2, 0.25) is 0 Å². The molecule has 0 aliphatic rings. The van der Waals surface area contributed by atoms with Crippen LogP contribution < -0.4 is 10.1 Å². The first kappa shape index (κ1) is 16.5. The number of hydrogen-bond acceptors (Lipinski definition) is 2. The average Bonchev–Trinajstić information content (AvgIpc) is 2.26. The lowest BCUT2D eigenvalue weighted by Gasteiger charge is -2.16. The van der Waals surface area contributed by atoms with Gasteiger partial charge in [-0.3, -0.25) is 0 Å². The van der Waals surface area contributed by atoms with Crippen molar-refractivity contribution in [1.29, 1.82) is 0 Å². The molecular formula is C13H16F5NO. The van der Waals surface area contributed by atoms with Gasteiger partial charge in [0.15, 0.2) is 0 Å². The third-order valence-corrected chi connectivity index (χ3v) is 2.57. The van der Waals surface area contributed by atoms with E-state index in [0.717, 1.165) is 0 Å². The van der Waals surface area contributed by atoms with Crippen molar-refractivity contribution in [3.8, 4) is 5.75 Å². The number of benzene rings is 1. The Morgan fingerprint density at radius 2 is 1.95 bits per heavy atom. The molecule has 0 aliphatic heterocycles. The maximum atomic E-state index is 12.0. The Bertz CT molecular complexity index is 408. The normalized spacial score (nSPS) is 13.3. The molecule has 20 heavy (non-hydrogen) atoms. The first-order valence-corrected chi connectivity index (χ1v) is 6.14. The first-order chi connectivity index (χ1) is 9.26. The van der Waals surface area contributed by atoms with Crippen LogP contribution in [-0.4, -0.2) is 18.8 Å². The topological polar surface area (TPSA) is 21.3 Å². The third-order valence-electron chi connectivity index (χ3n) is 2.57. The van der Waals surface area contributed by atoms with Gasteiger partial charge in [0.1, 0.15) is 5.75 Å². The van der Waals surface area contributed by atoms with E-state index in [9.17, 15) is 22.0 Å². The first-order valence-electron chi connectivity index (χ1n) is 6.14. The van der Waals surface area contributed by atoms with Crippen LogP contribution in [0.3, 0.4) is 0 Å². The molecule has 0 aromatic heterocycles. The molecule has 0 aliphatic carbocycles. The quantitative estimate of drug-likeness (QED) is 0.728. The van der Waals surface area contributed by atoms with Gasteiger partial charge in [-0.25, -0.2) is 0 Å². The van der Waals surface area contributed by atoms with Crippen molar-refractivity contribution in [2.75, 3.05) is 5.32 Å². The van der Waals surface area contributed by atoms with Crippen molar-refractivity contribution in [3.05, 3.63) is 24.3 Å². The predicted molar refractivity (Wildman–Crippen MR) is 66.1 cm³/mol. The molecular weight excluding hydrogens is 281 g/mol. The third kappa shape index (κ3) is 7.16. The SMILES string of the molecule is CC(CCCC(F)(F)F)Nc1cccc(OC(F)F)c1. The van der Waals surface area contributed by atoms with E-state index >= 15 is 0 Å². The molecule has 1 N–H and O–H groups in total. The highest BCUT2D eigenvalue weighted by atomic mass is 19.4. The van der Waals surface area contributed by atoms with Gasteiger partial charge in [-0.05, 0) is 31.9 Å². The molecule has 1 aromatic carbocycles. The molecule has 2 nitrogen and oxygen atoms in total. The van der Waals surface area contributed by atoms with Crippen molar-refractivity contribution in [2.45, 2.75) is 45.0 Å². The smallest absolute Gasteiger partial charge is 0.389 e. The average molecular weight is 297 g/mol. The zero-order valence-corrected chi connectivity index (χ0v) is 10.9. The number of nitrogens with one attached hydrogen (secondary N) is 1. The van der Waals surface area contributed by atoms with Gasteiger partial charge >= 0.3 is 12.8 Å². The van der Waals surface area contributed by atoms with Gasteiger partial charge in [-0.1, -0.05) is 6.07 Å². The second kappa shape index (κ2) is 7.31. The summed E-state index contributed by atoms with van der Waals surface area (Å²) < 4.78 is 64.3. The Morgan fingerprint density at radius 3 is 2.55 bits per heavy atom. The molecule has 1 unspecified atom stereocenters. The van der Waals surface area contributed by atoms with Crippen molar-refractivity contribution < 1.29 is 26.7 Å². The highest BCUT2D eigenvalue weighted by molar-refractivity contribution is 5.48. The predicted octanol–water partition coefficient (Wildman–Crippen LogP) is 4.82. The van der Waals surface area contributed by atoms with Crippen LogP contribution in [0.1, 0.15) is 26.2 Å². The maximum absolute atomic E-state index is 12.0. The van der Waals surface area contributed by atoms with Crippen LogP contribution in [-0.2, 0) is 0 Å². The molecule has 0 fully saturated rings. The Morgan fingerprint density at radius 1 is 1.25 bits per heavy atom. The van der Waals surface area contributed by atoms with Crippen LogP contribution in [0.25, 0.3) is 0 Å². The number of anilines is 1. The summed E-state index contributed by atoms with van der Waals surface area (Å²) in [6.07, 6.45) is -4.62. The highest BCUT2D eigenvalue weighted by Gasteiger charge is 2.26. The maximum Gasteiger partial charge on any atom is 0.389 e. The number of halogens is 5. The summed E-state index contributed by atoms with van der Waals surface area (Å²) in [6.45, 7) is -1.17. The minimum Gasteiger partial charge on any atom is -0.435 e. The lowest BCUT2D eigenvalue weighted by molar-refractivity contribution is -0.135. The summed E-state index contributed by atoms with van der Waals surface area (Å²) in [5.41, 5.74) is 0.530. The van der Waals surface area contributed by atoms with Crippen LogP contribution in [0.5, 0.6) is 5.75 Å². The fourth-order valence-electron chi connectivity index (χ4n) is 1.73. The van der Waals surface area contributed by atoms with E-state index in [1.165, 1.54) is 18.2 Å². The summed E-state index contributed by atoms with van der Waals surface area (Å²) in [5, 5.41) is 2.95. The molecule has 0 saturated heterocycles. The lowest BCUT2D eigenvalue weighted by atomic mass is 10.1. The van der Waals surface area contributed by atoms with Gasteiger partial charge in [-0.2, -0.15) is 22.0 Å². The molecule has 0 spiro atoms. The fourth-order valence-corrected chi connectivity index (χ4v) is 1.73. The van der Waals surface area contributed by atoms with E-state index in [2.05, 4.69) is 10.1 Å². The molecule has 0 bridgehead atoms. The molecule has 1 rings (SSSR count). The van der Waals surface area contributed by atoms with E-state index in [4.69, 9.17) is 0 Å². The summed E-state index contributed by atoms with van der Waals surface area (Å²) in [7, 11) is 0. The minimum atomic E-state index is -4.15. The molecule has 0 amide bonds. The van der Waals surface area contributed by atoms with Gasteiger partial charge in [-0.15, -0.1) is 0 Å². The van der Waals surface area contributed by atoms with Crippen molar-refractivity contribution in [3.63, 3.8) is 0 Å². The van der Waals surface area contributed by atoms with E-state index in [-0.39, 0.29) is 18.2 Å². The number of alkyl halides is 5. The molecule has 114 valence electrons. The summed E-state index contributed by atoms with van der Waals surface area (Å²) in [5.74, 6) is 0.00694. The fraction of sp³-hybridized carbons (Fsp3) is 0.538. The second-order valence-corrected chi connectivity index (χ2v) is 4.46. The van der Waals surface area contributed by atoms with Crippen molar-refractivity contribution >= 4 is 5.69 Å². The monoisotopic (exact) mass is 297 g/mol. The zero-order chi connectivity index (χ0) is 15.2. The molecule has 1 aromatic rings. The minimum absolute atomic E-state index is 0.00694. The van der Waals surface area contributed by atoms with Crippen LogP contribution in [0, 0.1) is 0 Å². The van der Waals surface area contributed by atoms with Gasteiger partial charge in [0.2, 0.25) is 0 Å². The van der Waals surface area contributed by atoms with Crippen LogP contribution in [0.15, 0.2) is 24.3 Å². The summed E-state index contributed by atoms with van der Waals surface area (Å²) >= 11 is 0. The van der Waals surface area contributed by atoms with E-state index in [1.54, 1.807) is 13.0 Å². The zero-order valence-electron chi connectivity index (χ0n) is 10.9. The number of hydrogen-bond donors (Lipinski definition) is 1. The largest absolute Gasteiger partial charge is 0.435 e. The highest BCUT2D eigenvalue weighted by Crippen LogP contribution is 2.24. The molecule has 0 heterocycles. The van der Waals surface area contributed by atoms with Gasteiger partial charge in [0, 0.05) is 24.2 Å². The van der Waals surface area contributed by atoms with Crippen LogP contribution >= 0.6 is 0 Å².